The number of halogens is 3. The SMILES string of the molecule is COC(=O)c1c(OC(F)(F)F)ccnc1N. The number of ether oxygens (including phenoxy) is 2. The highest BCUT2D eigenvalue weighted by Gasteiger charge is 2.34. The van der Waals surface area contributed by atoms with Crippen LogP contribution >= 0.6 is 0 Å². The Morgan fingerprint density at radius 2 is 2.12 bits per heavy atom. The third-order valence-electron chi connectivity index (χ3n) is 1.56. The molecule has 5 nitrogen and oxygen atoms in total. The van der Waals surface area contributed by atoms with E-state index in [-0.39, 0.29) is 0 Å². The fourth-order valence-corrected chi connectivity index (χ4v) is 0.976. The first-order valence-electron chi connectivity index (χ1n) is 3.93. The summed E-state index contributed by atoms with van der Waals surface area (Å²) < 4.78 is 43.8. The predicted molar refractivity (Wildman–Crippen MR) is 46.7 cm³/mol. The summed E-state index contributed by atoms with van der Waals surface area (Å²) in [4.78, 5) is 14.6. The molecular weight excluding hydrogens is 229 g/mol. The van der Waals surface area contributed by atoms with E-state index in [4.69, 9.17) is 5.73 Å². The zero-order valence-electron chi connectivity index (χ0n) is 8.04. The highest BCUT2D eigenvalue weighted by atomic mass is 19.4. The van der Waals surface area contributed by atoms with Crippen molar-refractivity contribution in [3.05, 3.63) is 17.8 Å². The molecule has 0 amide bonds. The van der Waals surface area contributed by atoms with Crippen LogP contribution in [0.2, 0.25) is 0 Å². The number of nitrogen functional groups attached to an aromatic ring is 1. The molecule has 8 heteroatoms. The number of hydrogen-bond donors (Lipinski definition) is 1. The molecular formula is C8H7F3N2O3. The molecule has 0 atom stereocenters. The van der Waals surface area contributed by atoms with E-state index in [0.717, 1.165) is 19.4 Å². The lowest BCUT2D eigenvalue weighted by Gasteiger charge is -2.12. The van der Waals surface area contributed by atoms with Gasteiger partial charge in [-0.1, -0.05) is 0 Å². The van der Waals surface area contributed by atoms with Crippen molar-refractivity contribution in [2.45, 2.75) is 6.36 Å². The van der Waals surface area contributed by atoms with E-state index in [1.807, 2.05) is 0 Å². The third kappa shape index (κ3) is 2.75. The van der Waals surface area contributed by atoms with Crippen LogP contribution in [0, 0.1) is 0 Å². The highest BCUT2D eigenvalue weighted by Crippen LogP contribution is 2.28. The number of hydrogen-bond acceptors (Lipinski definition) is 5. The summed E-state index contributed by atoms with van der Waals surface area (Å²) in [5.41, 5.74) is 4.70. The summed E-state index contributed by atoms with van der Waals surface area (Å²) in [6.07, 6.45) is -3.93. The standard InChI is InChI=1S/C8H7F3N2O3/c1-15-7(14)5-4(16-8(9,10)11)2-3-13-6(5)12/h2-3H,1H3,(H2,12,13). The van der Waals surface area contributed by atoms with Gasteiger partial charge in [0.2, 0.25) is 0 Å². The van der Waals surface area contributed by atoms with Crippen molar-refractivity contribution < 1.29 is 27.4 Å². The molecule has 0 aliphatic carbocycles. The maximum Gasteiger partial charge on any atom is 0.573 e. The number of nitrogens with two attached hydrogens (primary N) is 1. The van der Waals surface area contributed by atoms with Gasteiger partial charge < -0.3 is 15.2 Å². The Bertz CT molecular complexity index is 406. The fraction of sp³-hybridized carbons (Fsp3) is 0.250. The second-order valence-corrected chi connectivity index (χ2v) is 2.61. The van der Waals surface area contributed by atoms with Crippen LogP contribution in [0.3, 0.4) is 0 Å². The monoisotopic (exact) mass is 236 g/mol. The lowest BCUT2D eigenvalue weighted by Crippen LogP contribution is -2.20. The molecule has 0 bridgehead atoms. The minimum absolute atomic E-state index is 0.395. The Hall–Kier alpha value is -1.99. The second-order valence-electron chi connectivity index (χ2n) is 2.61. The minimum Gasteiger partial charge on any atom is -0.465 e. The molecule has 0 spiro atoms. The number of alkyl halides is 3. The van der Waals surface area contributed by atoms with E-state index in [0.29, 0.717) is 0 Å². The number of anilines is 1. The summed E-state index contributed by atoms with van der Waals surface area (Å²) in [7, 11) is 1.01. The topological polar surface area (TPSA) is 74.4 Å². The molecule has 0 radical (unpaired) electrons. The summed E-state index contributed by atoms with van der Waals surface area (Å²) in [5.74, 6) is -2.19. The van der Waals surface area contributed by atoms with Crippen molar-refractivity contribution in [3.8, 4) is 5.75 Å². The Balaban J connectivity index is 3.18. The van der Waals surface area contributed by atoms with Crippen LogP contribution in [0.1, 0.15) is 10.4 Å². The number of aromatic nitrogens is 1. The Morgan fingerprint density at radius 1 is 1.50 bits per heavy atom. The maximum atomic E-state index is 12.0. The van der Waals surface area contributed by atoms with Gasteiger partial charge in [0.05, 0.1) is 7.11 Å². The van der Waals surface area contributed by atoms with Gasteiger partial charge in [-0.25, -0.2) is 9.78 Å². The number of rotatable bonds is 2. The van der Waals surface area contributed by atoms with Gasteiger partial charge in [0.15, 0.2) is 0 Å². The van der Waals surface area contributed by atoms with Gasteiger partial charge in [-0.2, -0.15) is 0 Å². The zero-order valence-corrected chi connectivity index (χ0v) is 8.04. The lowest BCUT2D eigenvalue weighted by atomic mass is 10.2. The van der Waals surface area contributed by atoms with Gasteiger partial charge in [-0.3, -0.25) is 0 Å². The van der Waals surface area contributed by atoms with Crippen LogP contribution in [-0.2, 0) is 4.74 Å². The van der Waals surface area contributed by atoms with E-state index in [2.05, 4.69) is 14.5 Å². The van der Waals surface area contributed by atoms with Crippen LogP contribution in [-0.4, -0.2) is 24.4 Å². The van der Waals surface area contributed by atoms with Crippen molar-refractivity contribution >= 4 is 11.8 Å². The maximum absolute atomic E-state index is 12.0. The molecule has 1 aromatic rings. The average molecular weight is 236 g/mol. The fourth-order valence-electron chi connectivity index (χ4n) is 0.976. The molecule has 16 heavy (non-hydrogen) atoms. The first-order valence-corrected chi connectivity index (χ1v) is 3.93. The van der Waals surface area contributed by atoms with Gasteiger partial charge in [0.1, 0.15) is 17.1 Å². The highest BCUT2D eigenvalue weighted by molar-refractivity contribution is 5.97. The van der Waals surface area contributed by atoms with E-state index < -0.39 is 29.5 Å². The largest absolute Gasteiger partial charge is 0.573 e. The number of methoxy groups -OCH3 is 1. The van der Waals surface area contributed by atoms with Gasteiger partial charge in [-0.05, 0) is 6.07 Å². The van der Waals surface area contributed by atoms with Crippen LogP contribution in [0.15, 0.2) is 12.3 Å². The van der Waals surface area contributed by atoms with Crippen molar-refractivity contribution in [1.82, 2.24) is 4.98 Å². The normalized spacial score (nSPS) is 11.0. The summed E-state index contributed by atoms with van der Waals surface area (Å²) in [6, 6.07) is 0.871. The molecule has 0 saturated heterocycles. The van der Waals surface area contributed by atoms with Gasteiger partial charge in [-0.15, -0.1) is 13.2 Å². The molecule has 2 N–H and O–H groups in total. The van der Waals surface area contributed by atoms with E-state index in [1.165, 1.54) is 0 Å². The van der Waals surface area contributed by atoms with E-state index in [1.54, 1.807) is 0 Å². The van der Waals surface area contributed by atoms with Crippen LogP contribution in [0.25, 0.3) is 0 Å². The minimum atomic E-state index is -4.92. The van der Waals surface area contributed by atoms with Gasteiger partial charge in [0.25, 0.3) is 0 Å². The van der Waals surface area contributed by atoms with Crippen LogP contribution in [0.5, 0.6) is 5.75 Å². The molecule has 0 saturated carbocycles. The number of carbonyl (C=O) groups excluding carboxylic acids is 1. The number of pyridine rings is 1. The predicted octanol–water partition coefficient (Wildman–Crippen LogP) is 1.35. The molecule has 0 aliphatic heterocycles. The summed E-state index contributed by atoms with van der Waals surface area (Å²) >= 11 is 0. The molecule has 1 rings (SSSR count). The molecule has 0 aliphatic rings. The number of esters is 1. The quantitative estimate of drug-likeness (QED) is 0.784. The molecule has 1 heterocycles. The summed E-state index contributed by atoms with van der Waals surface area (Å²) in [6.45, 7) is 0. The van der Waals surface area contributed by atoms with Crippen molar-refractivity contribution in [3.63, 3.8) is 0 Å². The number of nitrogens with zero attached hydrogens (tertiary/aromatic N) is 1. The smallest absolute Gasteiger partial charge is 0.465 e. The first-order chi connectivity index (χ1) is 7.35. The van der Waals surface area contributed by atoms with E-state index in [9.17, 15) is 18.0 Å². The first kappa shape index (κ1) is 12.1. The Labute approximate surface area is 88.0 Å². The Morgan fingerprint density at radius 3 is 2.62 bits per heavy atom. The Kier molecular flexibility index (Phi) is 3.21. The zero-order chi connectivity index (χ0) is 12.3. The average Bonchev–Trinajstić information content (AvgIpc) is 2.14. The van der Waals surface area contributed by atoms with Crippen molar-refractivity contribution in [1.29, 1.82) is 0 Å². The molecule has 1 aromatic heterocycles. The van der Waals surface area contributed by atoms with Gasteiger partial charge in [0, 0.05) is 6.20 Å². The second kappa shape index (κ2) is 4.25. The summed E-state index contributed by atoms with van der Waals surface area (Å²) in [5, 5.41) is 0. The lowest BCUT2D eigenvalue weighted by molar-refractivity contribution is -0.274. The van der Waals surface area contributed by atoms with Crippen molar-refractivity contribution in [2.24, 2.45) is 0 Å². The molecule has 0 unspecified atom stereocenters. The molecule has 0 fully saturated rings. The third-order valence-corrected chi connectivity index (χ3v) is 1.56. The van der Waals surface area contributed by atoms with Crippen LogP contribution < -0.4 is 10.5 Å². The van der Waals surface area contributed by atoms with Crippen molar-refractivity contribution in [2.75, 3.05) is 12.8 Å². The van der Waals surface area contributed by atoms with E-state index >= 15 is 0 Å². The molecule has 0 aromatic carbocycles. The molecule has 88 valence electrons. The van der Waals surface area contributed by atoms with Gasteiger partial charge >= 0.3 is 12.3 Å². The van der Waals surface area contributed by atoms with Crippen LogP contribution in [0.4, 0.5) is 19.0 Å². The number of carbonyl (C=O) groups is 1.